The molecule has 0 saturated carbocycles. The van der Waals surface area contributed by atoms with Crippen LogP contribution in [0.15, 0.2) is 36.4 Å². The van der Waals surface area contributed by atoms with Crippen LogP contribution in [0.4, 0.5) is 10.1 Å². The van der Waals surface area contributed by atoms with Gasteiger partial charge in [-0.05, 0) is 42.3 Å². The van der Waals surface area contributed by atoms with Gasteiger partial charge in [0.25, 0.3) is 0 Å². The Morgan fingerprint density at radius 3 is 2.74 bits per heavy atom. The highest BCUT2D eigenvalue weighted by Crippen LogP contribution is 2.19. The molecule has 0 aliphatic rings. The zero-order chi connectivity index (χ0) is 13.8. The molecule has 0 aromatic heterocycles. The van der Waals surface area contributed by atoms with Crippen LogP contribution in [-0.4, -0.2) is 0 Å². The van der Waals surface area contributed by atoms with Crippen LogP contribution in [0.2, 0.25) is 5.02 Å². The van der Waals surface area contributed by atoms with Gasteiger partial charge in [-0.1, -0.05) is 23.7 Å². The first kappa shape index (κ1) is 13.4. The second-order valence-corrected chi connectivity index (χ2v) is 4.67. The Morgan fingerprint density at radius 1 is 1.26 bits per heavy atom. The number of nitrogens with one attached hydrogen (secondary N) is 1. The minimum absolute atomic E-state index is 0.101. The van der Waals surface area contributed by atoms with Gasteiger partial charge in [-0.15, -0.1) is 0 Å². The Bertz CT molecular complexity index is 647. The lowest BCUT2D eigenvalue weighted by Gasteiger charge is -2.09. The highest BCUT2D eigenvalue weighted by molar-refractivity contribution is 6.30. The van der Waals surface area contributed by atoms with Gasteiger partial charge in [0.2, 0.25) is 0 Å². The lowest BCUT2D eigenvalue weighted by atomic mass is 10.1. The molecule has 2 aromatic carbocycles. The number of aryl methyl sites for hydroxylation is 1. The molecular formula is C15H12ClFN2. The molecule has 0 heterocycles. The van der Waals surface area contributed by atoms with Crippen molar-refractivity contribution in [3.05, 3.63) is 63.9 Å². The molecule has 0 fully saturated rings. The number of hydrogen-bond acceptors (Lipinski definition) is 2. The van der Waals surface area contributed by atoms with Crippen molar-refractivity contribution in [2.24, 2.45) is 0 Å². The zero-order valence-electron chi connectivity index (χ0n) is 10.4. The van der Waals surface area contributed by atoms with E-state index in [1.54, 1.807) is 12.1 Å². The summed E-state index contributed by atoms with van der Waals surface area (Å²) < 4.78 is 13.0. The number of nitrogens with zero attached hydrogens (tertiary/aromatic N) is 1. The van der Waals surface area contributed by atoms with E-state index in [4.69, 9.17) is 16.9 Å². The van der Waals surface area contributed by atoms with Gasteiger partial charge in [-0.3, -0.25) is 0 Å². The molecule has 1 N–H and O–H groups in total. The van der Waals surface area contributed by atoms with E-state index in [9.17, 15) is 4.39 Å². The van der Waals surface area contributed by atoms with Gasteiger partial charge < -0.3 is 5.32 Å². The van der Waals surface area contributed by atoms with Gasteiger partial charge in [-0.2, -0.15) is 5.26 Å². The number of anilines is 1. The summed E-state index contributed by atoms with van der Waals surface area (Å²) in [6, 6.07) is 12.3. The highest BCUT2D eigenvalue weighted by Gasteiger charge is 2.04. The topological polar surface area (TPSA) is 35.8 Å². The average molecular weight is 275 g/mol. The van der Waals surface area contributed by atoms with Crippen LogP contribution in [0, 0.1) is 24.1 Å². The predicted molar refractivity (Wildman–Crippen MR) is 74.6 cm³/mol. The predicted octanol–water partition coefficient (Wildman–Crippen LogP) is 4.27. The first-order chi connectivity index (χ1) is 9.10. The van der Waals surface area contributed by atoms with E-state index < -0.39 is 5.82 Å². The first-order valence-corrected chi connectivity index (χ1v) is 6.16. The maximum Gasteiger partial charge on any atom is 0.141 e. The minimum Gasteiger partial charge on any atom is -0.380 e. The van der Waals surface area contributed by atoms with Crippen LogP contribution in [0.5, 0.6) is 0 Å². The van der Waals surface area contributed by atoms with Gasteiger partial charge in [-0.25, -0.2) is 4.39 Å². The summed E-state index contributed by atoms with van der Waals surface area (Å²) >= 11 is 5.72. The fraction of sp³-hybridized carbons (Fsp3) is 0.133. The van der Waals surface area contributed by atoms with Crippen molar-refractivity contribution in [2.45, 2.75) is 13.5 Å². The molecular weight excluding hydrogens is 263 g/mol. The van der Waals surface area contributed by atoms with Gasteiger partial charge in [0.05, 0.1) is 16.3 Å². The molecule has 2 nitrogen and oxygen atoms in total. The van der Waals surface area contributed by atoms with Crippen LogP contribution in [0.3, 0.4) is 0 Å². The lowest BCUT2D eigenvalue weighted by molar-refractivity contribution is 0.627. The monoisotopic (exact) mass is 274 g/mol. The molecule has 0 bridgehead atoms. The van der Waals surface area contributed by atoms with E-state index in [0.717, 1.165) is 16.8 Å². The quantitative estimate of drug-likeness (QED) is 0.907. The SMILES string of the molecule is Cc1ccc(NCc2ccc(F)c(Cl)c2)c(C#N)c1. The normalized spacial score (nSPS) is 10.0. The van der Waals surface area contributed by atoms with Crippen LogP contribution in [0.1, 0.15) is 16.7 Å². The Morgan fingerprint density at radius 2 is 2.05 bits per heavy atom. The Balaban J connectivity index is 2.14. The largest absolute Gasteiger partial charge is 0.380 e. The molecule has 19 heavy (non-hydrogen) atoms. The van der Waals surface area contributed by atoms with Crippen molar-refractivity contribution < 1.29 is 4.39 Å². The van der Waals surface area contributed by atoms with Crippen molar-refractivity contribution >= 4 is 17.3 Å². The molecule has 0 radical (unpaired) electrons. The molecule has 0 atom stereocenters. The van der Waals surface area contributed by atoms with Crippen molar-refractivity contribution in [2.75, 3.05) is 5.32 Å². The van der Waals surface area contributed by atoms with Crippen molar-refractivity contribution in [1.82, 2.24) is 0 Å². The Labute approximate surface area is 116 Å². The highest BCUT2D eigenvalue weighted by atomic mass is 35.5. The number of hydrogen-bond donors (Lipinski definition) is 1. The molecule has 96 valence electrons. The third-order valence-corrected chi connectivity index (χ3v) is 3.05. The summed E-state index contributed by atoms with van der Waals surface area (Å²) in [6.07, 6.45) is 0. The van der Waals surface area contributed by atoms with Crippen LogP contribution in [0.25, 0.3) is 0 Å². The number of benzene rings is 2. The van der Waals surface area contributed by atoms with E-state index in [2.05, 4.69) is 11.4 Å². The van der Waals surface area contributed by atoms with Gasteiger partial charge >= 0.3 is 0 Å². The summed E-state index contributed by atoms with van der Waals surface area (Å²) in [4.78, 5) is 0. The molecule has 0 amide bonds. The van der Waals surface area contributed by atoms with Crippen LogP contribution < -0.4 is 5.32 Å². The van der Waals surface area contributed by atoms with Crippen LogP contribution >= 0.6 is 11.6 Å². The smallest absolute Gasteiger partial charge is 0.141 e. The van der Waals surface area contributed by atoms with E-state index in [1.165, 1.54) is 6.07 Å². The van der Waals surface area contributed by atoms with Crippen LogP contribution in [-0.2, 0) is 6.54 Å². The number of halogens is 2. The molecule has 0 aliphatic carbocycles. The zero-order valence-corrected chi connectivity index (χ0v) is 11.1. The van der Waals surface area contributed by atoms with Crippen molar-refractivity contribution in [3.63, 3.8) is 0 Å². The molecule has 2 aromatic rings. The Kier molecular flexibility index (Phi) is 4.03. The third kappa shape index (κ3) is 3.24. The number of nitriles is 1. The van der Waals surface area contributed by atoms with Gasteiger partial charge in [0, 0.05) is 6.54 Å². The second kappa shape index (κ2) is 5.73. The van der Waals surface area contributed by atoms with E-state index in [1.807, 2.05) is 25.1 Å². The summed E-state index contributed by atoms with van der Waals surface area (Å²) in [5, 5.41) is 12.3. The third-order valence-electron chi connectivity index (χ3n) is 2.76. The number of rotatable bonds is 3. The average Bonchev–Trinajstić information content (AvgIpc) is 2.41. The summed E-state index contributed by atoms with van der Waals surface area (Å²) in [5.41, 5.74) is 3.24. The van der Waals surface area contributed by atoms with E-state index in [0.29, 0.717) is 12.1 Å². The van der Waals surface area contributed by atoms with E-state index in [-0.39, 0.29) is 5.02 Å². The molecule has 0 unspecified atom stereocenters. The maximum absolute atomic E-state index is 13.0. The molecule has 0 saturated heterocycles. The van der Waals surface area contributed by atoms with Gasteiger partial charge in [0.15, 0.2) is 0 Å². The second-order valence-electron chi connectivity index (χ2n) is 4.26. The van der Waals surface area contributed by atoms with E-state index >= 15 is 0 Å². The molecule has 2 rings (SSSR count). The summed E-state index contributed by atoms with van der Waals surface area (Å²) in [6.45, 7) is 2.42. The first-order valence-electron chi connectivity index (χ1n) is 5.78. The summed E-state index contributed by atoms with van der Waals surface area (Å²) in [7, 11) is 0. The molecule has 0 spiro atoms. The molecule has 4 heteroatoms. The fourth-order valence-corrected chi connectivity index (χ4v) is 1.95. The van der Waals surface area contributed by atoms with Crippen molar-refractivity contribution in [1.29, 1.82) is 5.26 Å². The molecule has 0 aliphatic heterocycles. The summed E-state index contributed by atoms with van der Waals surface area (Å²) in [5.74, 6) is -0.432. The fourth-order valence-electron chi connectivity index (χ4n) is 1.75. The maximum atomic E-state index is 13.0. The van der Waals surface area contributed by atoms with Crippen molar-refractivity contribution in [3.8, 4) is 6.07 Å². The lowest BCUT2D eigenvalue weighted by Crippen LogP contribution is -2.01. The minimum atomic E-state index is -0.432. The standard InChI is InChI=1S/C15H12ClFN2/c1-10-2-5-15(12(6-10)8-18)19-9-11-3-4-14(17)13(16)7-11/h2-7,19H,9H2,1H3. The Hall–Kier alpha value is -2.05. The van der Waals surface area contributed by atoms with Gasteiger partial charge in [0.1, 0.15) is 11.9 Å².